The first kappa shape index (κ1) is 16.4. The van der Waals surface area contributed by atoms with Crippen molar-refractivity contribution >= 4 is 26.8 Å². The summed E-state index contributed by atoms with van der Waals surface area (Å²) in [6.07, 6.45) is 2.44. The van der Waals surface area contributed by atoms with Gasteiger partial charge < -0.3 is 4.43 Å². The molecule has 0 saturated heterocycles. The highest BCUT2D eigenvalue weighted by atomic mass is 28.4. The van der Waals surface area contributed by atoms with Crippen molar-refractivity contribution in [2.24, 2.45) is 0 Å². The minimum Gasteiger partial charge on any atom is -0.396 e. The summed E-state index contributed by atoms with van der Waals surface area (Å²) >= 11 is 0. The van der Waals surface area contributed by atoms with Crippen LogP contribution in [0.15, 0.2) is 71.6 Å². The van der Waals surface area contributed by atoms with E-state index in [1.807, 2.05) is 0 Å². The monoisotopic (exact) mass is 338 g/mol. The number of hydrogen-bond acceptors (Lipinski definition) is 1. The molecule has 1 aliphatic heterocycles. The van der Waals surface area contributed by atoms with Crippen molar-refractivity contribution in [3.8, 4) is 0 Å². The molecule has 3 rings (SSSR count). The highest BCUT2D eigenvalue weighted by molar-refractivity contribution is 7.15. The fourth-order valence-electron chi connectivity index (χ4n) is 3.61. The summed E-state index contributed by atoms with van der Waals surface area (Å²) in [6, 6.07) is 21.8. The molecule has 0 radical (unpaired) electrons. The van der Waals surface area contributed by atoms with Gasteiger partial charge in [-0.3, -0.25) is 0 Å². The van der Waals surface area contributed by atoms with E-state index in [1.54, 1.807) is 4.82 Å². The van der Waals surface area contributed by atoms with Crippen molar-refractivity contribution in [3.63, 3.8) is 0 Å². The van der Waals surface area contributed by atoms with Crippen LogP contribution in [-0.2, 0) is 4.43 Å². The molecular formula is C20H26OSi2. The van der Waals surface area contributed by atoms with Gasteiger partial charge in [0.25, 0.3) is 8.32 Å². The Morgan fingerprint density at radius 3 is 1.61 bits per heavy atom. The van der Waals surface area contributed by atoms with Gasteiger partial charge in [0, 0.05) is 0 Å². The highest BCUT2D eigenvalue weighted by Crippen LogP contribution is 2.38. The molecule has 120 valence electrons. The Hall–Kier alpha value is -1.43. The second-order valence-corrected chi connectivity index (χ2v) is 16.7. The van der Waals surface area contributed by atoms with Crippen LogP contribution in [0.5, 0.6) is 0 Å². The zero-order valence-corrected chi connectivity index (χ0v) is 16.8. The highest BCUT2D eigenvalue weighted by Gasteiger charge is 2.54. The van der Waals surface area contributed by atoms with E-state index < -0.39 is 16.4 Å². The molecule has 1 heterocycles. The fourth-order valence-corrected chi connectivity index (χ4v) is 13.7. The predicted octanol–water partition coefficient (Wildman–Crippen LogP) is 3.90. The zero-order valence-electron chi connectivity index (χ0n) is 14.8. The van der Waals surface area contributed by atoms with E-state index in [9.17, 15) is 0 Å². The molecule has 0 aromatic heterocycles. The maximum atomic E-state index is 6.93. The van der Waals surface area contributed by atoms with Gasteiger partial charge in [-0.15, -0.1) is 0 Å². The molecule has 0 aliphatic carbocycles. The minimum atomic E-state index is -2.36. The minimum absolute atomic E-state index is 0.201. The molecule has 0 bridgehead atoms. The second-order valence-electron chi connectivity index (χ2n) is 7.93. The summed E-state index contributed by atoms with van der Waals surface area (Å²) in [5.74, 6) is 0. The van der Waals surface area contributed by atoms with E-state index in [1.165, 1.54) is 10.4 Å². The van der Waals surface area contributed by atoms with Gasteiger partial charge in [-0.1, -0.05) is 91.2 Å². The Balaban J connectivity index is 2.32. The van der Waals surface area contributed by atoms with Crippen molar-refractivity contribution in [1.82, 2.24) is 0 Å². The molecular weight excluding hydrogens is 312 g/mol. The topological polar surface area (TPSA) is 9.23 Å². The van der Waals surface area contributed by atoms with Crippen LogP contribution in [0.2, 0.25) is 19.6 Å². The van der Waals surface area contributed by atoms with Crippen LogP contribution in [0.1, 0.15) is 13.8 Å². The molecule has 0 spiro atoms. The predicted molar refractivity (Wildman–Crippen MR) is 104 cm³/mol. The first-order valence-corrected chi connectivity index (χ1v) is 13.7. The van der Waals surface area contributed by atoms with Crippen LogP contribution in [-0.4, -0.2) is 22.0 Å². The second kappa shape index (κ2) is 5.58. The normalized spacial score (nSPS) is 19.4. The molecule has 0 amide bonds. The Morgan fingerprint density at radius 2 is 1.22 bits per heavy atom. The average Bonchev–Trinajstić information content (AvgIpc) is 2.82. The molecule has 2 aromatic carbocycles. The van der Waals surface area contributed by atoms with E-state index in [0.29, 0.717) is 0 Å². The van der Waals surface area contributed by atoms with Gasteiger partial charge in [0.15, 0.2) is 0 Å². The molecule has 2 aromatic rings. The lowest BCUT2D eigenvalue weighted by Crippen LogP contribution is -2.65. The quantitative estimate of drug-likeness (QED) is 0.771. The van der Waals surface area contributed by atoms with Crippen LogP contribution in [0.25, 0.3) is 0 Å². The van der Waals surface area contributed by atoms with Crippen LogP contribution >= 0.6 is 0 Å². The summed E-state index contributed by atoms with van der Waals surface area (Å²) in [7, 11) is -3.88. The molecule has 1 aliphatic rings. The van der Waals surface area contributed by atoms with Crippen molar-refractivity contribution in [2.75, 3.05) is 0 Å². The van der Waals surface area contributed by atoms with Gasteiger partial charge in [0.2, 0.25) is 0 Å². The standard InChI is InChI=1S/C20H26OSi2/c1-20(2)16-19(22(3,4)5)23(21-20,17-12-8-6-9-13-17)18-14-10-7-11-15-18/h6-16H,1-5H3. The van der Waals surface area contributed by atoms with Crippen molar-refractivity contribution in [2.45, 2.75) is 39.1 Å². The molecule has 0 saturated carbocycles. The molecule has 0 fully saturated rings. The lowest BCUT2D eigenvalue weighted by Gasteiger charge is -2.37. The van der Waals surface area contributed by atoms with Crippen molar-refractivity contribution in [1.29, 1.82) is 0 Å². The number of rotatable bonds is 3. The third kappa shape index (κ3) is 2.89. The van der Waals surface area contributed by atoms with Gasteiger partial charge in [-0.05, 0) is 24.2 Å². The summed E-state index contributed by atoms with van der Waals surface area (Å²) in [4.78, 5) is 1.60. The van der Waals surface area contributed by atoms with Crippen LogP contribution in [0, 0.1) is 0 Å². The van der Waals surface area contributed by atoms with Gasteiger partial charge in [-0.2, -0.15) is 0 Å². The SMILES string of the molecule is CC1(C)C=C([Si](C)(C)C)[Si](c2ccccc2)(c2ccccc2)O1. The summed E-state index contributed by atoms with van der Waals surface area (Å²) < 4.78 is 6.93. The lowest BCUT2D eigenvalue weighted by atomic mass is 10.1. The van der Waals surface area contributed by atoms with E-state index in [4.69, 9.17) is 4.43 Å². The first-order valence-electron chi connectivity index (χ1n) is 8.31. The molecule has 0 unspecified atom stereocenters. The smallest absolute Gasteiger partial charge is 0.280 e. The van der Waals surface area contributed by atoms with Gasteiger partial charge in [0.1, 0.15) is 0 Å². The molecule has 0 N–H and O–H groups in total. The van der Waals surface area contributed by atoms with Gasteiger partial charge >= 0.3 is 0 Å². The largest absolute Gasteiger partial charge is 0.396 e. The van der Waals surface area contributed by atoms with Gasteiger partial charge in [-0.25, -0.2) is 0 Å². The summed E-state index contributed by atoms with van der Waals surface area (Å²) in [6.45, 7) is 11.7. The number of benzene rings is 2. The van der Waals surface area contributed by atoms with Crippen molar-refractivity contribution in [3.05, 3.63) is 71.6 Å². The van der Waals surface area contributed by atoms with E-state index in [2.05, 4.69) is 100 Å². The molecule has 1 nitrogen and oxygen atoms in total. The van der Waals surface area contributed by atoms with Crippen molar-refractivity contribution < 1.29 is 4.43 Å². The molecule has 3 heteroatoms. The van der Waals surface area contributed by atoms with E-state index in [0.717, 1.165) is 0 Å². The van der Waals surface area contributed by atoms with E-state index in [-0.39, 0.29) is 5.60 Å². The maximum absolute atomic E-state index is 6.93. The Morgan fingerprint density at radius 1 is 0.783 bits per heavy atom. The fraction of sp³-hybridized carbons (Fsp3) is 0.300. The zero-order chi connectivity index (χ0) is 16.7. The number of hydrogen-bond donors (Lipinski definition) is 0. The summed E-state index contributed by atoms with van der Waals surface area (Å²) in [5.41, 5.74) is -0.201. The van der Waals surface area contributed by atoms with Crippen LogP contribution in [0.4, 0.5) is 0 Å². The average molecular weight is 339 g/mol. The van der Waals surface area contributed by atoms with E-state index >= 15 is 0 Å². The molecule has 0 atom stereocenters. The van der Waals surface area contributed by atoms with Gasteiger partial charge in [0.05, 0.1) is 13.7 Å². The Bertz CT molecular complexity index is 673. The lowest BCUT2D eigenvalue weighted by molar-refractivity contribution is 0.172. The first-order chi connectivity index (χ1) is 10.8. The summed E-state index contributed by atoms with van der Waals surface area (Å²) in [5, 5.41) is 2.73. The third-order valence-corrected chi connectivity index (χ3v) is 13.6. The third-order valence-electron chi connectivity index (χ3n) is 4.46. The maximum Gasteiger partial charge on any atom is 0.280 e. The Kier molecular flexibility index (Phi) is 3.99. The van der Waals surface area contributed by atoms with Crippen LogP contribution in [0.3, 0.4) is 0 Å². The Labute approximate surface area is 142 Å². The van der Waals surface area contributed by atoms with Crippen LogP contribution < -0.4 is 10.4 Å². The molecule has 23 heavy (non-hydrogen) atoms.